The summed E-state index contributed by atoms with van der Waals surface area (Å²) in [4.78, 5) is 0. The molecule has 0 spiro atoms. The number of hydrogen-bond donors (Lipinski definition) is 2. The van der Waals surface area contributed by atoms with Gasteiger partial charge >= 0.3 is 7.60 Å². The van der Waals surface area contributed by atoms with Crippen molar-refractivity contribution in [1.29, 1.82) is 0 Å². The first-order valence-electron chi connectivity index (χ1n) is 8.04. The van der Waals surface area contributed by atoms with E-state index in [1.807, 2.05) is 30.3 Å². The smallest absolute Gasteiger partial charge is 0.410 e. The van der Waals surface area contributed by atoms with Gasteiger partial charge in [0.25, 0.3) is 0 Å². The summed E-state index contributed by atoms with van der Waals surface area (Å²) >= 11 is 0. The van der Waals surface area contributed by atoms with Crippen molar-refractivity contribution in [1.82, 2.24) is 0 Å². The lowest BCUT2D eigenvalue weighted by Gasteiger charge is -2.40. The maximum Gasteiger partial charge on any atom is 0.410 e. The van der Waals surface area contributed by atoms with E-state index >= 15 is 0 Å². The number of aliphatic hydroxyl groups excluding tert-OH is 2. The predicted octanol–water partition coefficient (Wildman–Crippen LogP) is 2.94. The first kappa shape index (κ1) is 18.1. The fraction of sp³-hybridized carbons (Fsp3) is 0.333. The summed E-state index contributed by atoms with van der Waals surface area (Å²) in [6, 6.07) is 17.8. The Bertz CT molecular complexity index is 723. The van der Waals surface area contributed by atoms with Gasteiger partial charge in [0.2, 0.25) is 0 Å². The number of ether oxygens (including phenoxy) is 1. The van der Waals surface area contributed by atoms with Crippen molar-refractivity contribution in [3.05, 3.63) is 66.2 Å². The minimum atomic E-state index is -3.95. The van der Waals surface area contributed by atoms with Crippen molar-refractivity contribution in [2.45, 2.75) is 37.7 Å². The van der Waals surface area contributed by atoms with Crippen molar-refractivity contribution in [2.24, 2.45) is 0 Å². The molecular formula is C18H21O6P. The Labute approximate surface area is 146 Å². The van der Waals surface area contributed by atoms with E-state index in [0.29, 0.717) is 5.75 Å². The highest BCUT2D eigenvalue weighted by molar-refractivity contribution is 7.55. The van der Waals surface area contributed by atoms with Crippen molar-refractivity contribution in [3.63, 3.8) is 0 Å². The Morgan fingerprint density at radius 2 is 1.64 bits per heavy atom. The summed E-state index contributed by atoms with van der Waals surface area (Å²) in [5.74, 6) is -1.39. The topological polar surface area (TPSA) is 85.2 Å². The zero-order chi connectivity index (χ0) is 17.9. The van der Waals surface area contributed by atoms with Crippen LogP contribution in [-0.4, -0.2) is 34.4 Å². The minimum absolute atomic E-state index is 0.243. The molecule has 25 heavy (non-hydrogen) atoms. The summed E-state index contributed by atoms with van der Waals surface area (Å²) in [5, 5.41) is 20.7. The van der Waals surface area contributed by atoms with E-state index in [1.165, 1.54) is 0 Å². The van der Waals surface area contributed by atoms with Gasteiger partial charge in [-0.3, -0.25) is 4.52 Å². The molecule has 2 aromatic carbocycles. The van der Waals surface area contributed by atoms with E-state index in [0.717, 1.165) is 5.56 Å². The van der Waals surface area contributed by atoms with E-state index < -0.39 is 31.8 Å². The molecule has 0 bridgehead atoms. The van der Waals surface area contributed by atoms with Crippen LogP contribution in [0.3, 0.4) is 0 Å². The molecule has 1 aliphatic rings. The molecule has 5 atom stereocenters. The average molecular weight is 364 g/mol. The van der Waals surface area contributed by atoms with Gasteiger partial charge in [0.1, 0.15) is 18.0 Å². The summed E-state index contributed by atoms with van der Waals surface area (Å²) in [6.07, 6.45) is -2.92. The Kier molecular flexibility index (Phi) is 5.57. The standard InChI is InChI=1S/C18H21O6P/c1-13-17(22-12-14-8-4-2-5-9-14)16(19)18(20)25(21,23-13)24-15-10-6-3-7-11-15/h2-11,13,16-20H,12H2,1H3/t13-,16+,17-,18-,25+/m1/s1. The first-order chi connectivity index (χ1) is 12.0. The molecular weight excluding hydrogens is 343 g/mol. The number of para-hydroxylation sites is 1. The summed E-state index contributed by atoms with van der Waals surface area (Å²) in [5.41, 5.74) is 0.922. The van der Waals surface area contributed by atoms with Crippen molar-refractivity contribution >= 4 is 7.60 Å². The summed E-state index contributed by atoms with van der Waals surface area (Å²) in [7, 11) is -3.95. The quantitative estimate of drug-likeness (QED) is 0.794. The molecule has 6 nitrogen and oxygen atoms in total. The van der Waals surface area contributed by atoms with E-state index in [1.54, 1.807) is 37.3 Å². The molecule has 1 aliphatic heterocycles. The highest BCUT2D eigenvalue weighted by Gasteiger charge is 2.52. The van der Waals surface area contributed by atoms with Crippen molar-refractivity contribution < 1.29 is 28.6 Å². The molecule has 0 aliphatic carbocycles. The van der Waals surface area contributed by atoms with Crippen LogP contribution in [-0.2, 0) is 20.4 Å². The molecule has 1 heterocycles. The lowest BCUT2D eigenvalue weighted by atomic mass is 10.1. The highest BCUT2D eigenvalue weighted by atomic mass is 31.2. The maximum absolute atomic E-state index is 12.9. The molecule has 1 fully saturated rings. The van der Waals surface area contributed by atoms with Crippen LogP contribution in [0.4, 0.5) is 0 Å². The summed E-state index contributed by atoms with van der Waals surface area (Å²) < 4.78 is 29.4. The monoisotopic (exact) mass is 364 g/mol. The maximum atomic E-state index is 12.9. The lowest BCUT2D eigenvalue weighted by Crippen LogP contribution is -2.51. The SMILES string of the molecule is C[C@H]1O[P@](=O)(Oc2ccccc2)[C@@H](O)[C@@H](O)[C@@H]1OCc1ccccc1. The van der Waals surface area contributed by atoms with Crippen LogP contribution in [0.1, 0.15) is 12.5 Å². The van der Waals surface area contributed by atoms with E-state index in [9.17, 15) is 14.8 Å². The van der Waals surface area contributed by atoms with Crippen LogP contribution in [0.25, 0.3) is 0 Å². The Morgan fingerprint density at radius 1 is 1.04 bits per heavy atom. The van der Waals surface area contributed by atoms with Gasteiger partial charge in [-0.05, 0) is 24.6 Å². The number of rotatable bonds is 5. The Balaban J connectivity index is 1.69. The van der Waals surface area contributed by atoms with Gasteiger partial charge in [-0.15, -0.1) is 0 Å². The van der Waals surface area contributed by atoms with Crippen LogP contribution < -0.4 is 4.52 Å². The zero-order valence-corrected chi connectivity index (χ0v) is 14.7. The molecule has 1 saturated heterocycles. The molecule has 2 N–H and O–H groups in total. The van der Waals surface area contributed by atoms with E-state index in [2.05, 4.69) is 0 Å². The molecule has 134 valence electrons. The zero-order valence-electron chi connectivity index (χ0n) is 13.8. The molecule has 0 saturated carbocycles. The number of benzene rings is 2. The molecule has 2 aromatic rings. The molecule has 0 radical (unpaired) electrons. The van der Waals surface area contributed by atoms with Crippen LogP contribution in [0.5, 0.6) is 5.75 Å². The van der Waals surface area contributed by atoms with Crippen LogP contribution >= 0.6 is 7.60 Å². The van der Waals surface area contributed by atoms with Gasteiger partial charge in [0.05, 0.1) is 12.7 Å². The van der Waals surface area contributed by atoms with E-state index in [4.69, 9.17) is 13.8 Å². The van der Waals surface area contributed by atoms with Crippen LogP contribution in [0.2, 0.25) is 0 Å². The largest absolute Gasteiger partial charge is 0.423 e. The van der Waals surface area contributed by atoms with Gasteiger partial charge in [-0.2, -0.15) is 0 Å². The van der Waals surface area contributed by atoms with E-state index in [-0.39, 0.29) is 6.61 Å². The molecule has 0 amide bonds. The third-order valence-corrected chi connectivity index (χ3v) is 6.05. The van der Waals surface area contributed by atoms with Crippen LogP contribution in [0, 0.1) is 0 Å². The Morgan fingerprint density at radius 3 is 2.28 bits per heavy atom. The highest BCUT2D eigenvalue weighted by Crippen LogP contribution is 2.57. The second kappa shape index (κ2) is 7.68. The first-order valence-corrected chi connectivity index (χ1v) is 9.65. The second-order valence-corrected chi connectivity index (χ2v) is 7.92. The predicted molar refractivity (Wildman–Crippen MR) is 92.3 cm³/mol. The second-order valence-electron chi connectivity index (χ2n) is 5.92. The van der Waals surface area contributed by atoms with Crippen LogP contribution in [0.15, 0.2) is 60.7 Å². The molecule has 0 unspecified atom stereocenters. The third kappa shape index (κ3) is 4.11. The van der Waals surface area contributed by atoms with Gasteiger partial charge in [0.15, 0.2) is 5.85 Å². The molecule has 0 aromatic heterocycles. The fourth-order valence-electron chi connectivity index (χ4n) is 2.69. The average Bonchev–Trinajstić information content (AvgIpc) is 2.61. The fourth-order valence-corrected chi connectivity index (χ4v) is 4.51. The van der Waals surface area contributed by atoms with Gasteiger partial charge < -0.3 is 19.5 Å². The van der Waals surface area contributed by atoms with Gasteiger partial charge in [-0.1, -0.05) is 48.5 Å². The van der Waals surface area contributed by atoms with Crippen molar-refractivity contribution in [3.8, 4) is 5.75 Å². The van der Waals surface area contributed by atoms with Gasteiger partial charge in [0, 0.05) is 0 Å². The lowest BCUT2D eigenvalue weighted by molar-refractivity contribution is -0.139. The Hall–Kier alpha value is -1.69. The van der Waals surface area contributed by atoms with Gasteiger partial charge in [-0.25, -0.2) is 4.57 Å². The van der Waals surface area contributed by atoms with Crippen molar-refractivity contribution in [2.75, 3.05) is 0 Å². The minimum Gasteiger partial charge on any atom is -0.423 e. The molecule has 7 heteroatoms. The summed E-state index contributed by atoms with van der Waals surface area (Å²) in [6.45, 7) is 1.87. The number of hydrogen-bond acceptors (Lipinski definition) is 6. The normalized spacial score (nSPS) is 32.3. The molecule has 3 rings (SSSR count). The number of aliphatic hydroxyl groups is 2. The third-order valence-electron chi connectivity index (χ3n) is 4.00.